The molecule has 0 atom stereocenters. The summed E-state index contributed by atoms with van der Waals surface area (Å²) in [7, 11) is 0. The van der Waals surface area contributed by atoms with Crippen LogP contribution in [0.4, 0.5) is 0 Å². The van der Waals surface area contributed by atoms with E-state index < -0.39 is 12.4 Å². The second-order valence-electron chi connectivity index (χ2n) is 4.72. The summed E-state index contributed by atoms with van der Waals surface area (Å²) in [5.41, 5.74) is 0. The van der Waals surface area contributed by atoms with Gasteiger partial charge in [0.1, 0.15) is 5.78 Å². The summed E-state index contributed by atoms with van der Waals surface area (Å²) in [6.45, 7) is 11.9. The van der Waals surface area contributed by atoms with E-state index in [0.29, 0.717) is 0 Å². The first-order valence-electron chi connectivity index (χ1n) is 6.62. The van der Waals surface area contributed by atoms with Gasteiger partial charge in [0, 0.05) is 63.3 Å². The predicted molar refractivity (Wildman–Crippen MR) is 77.0 cm³/mol. The molecule has 0 spiro atoms. The topological polar surface area (TPSA) is 118 Å². The number of hydrogen-bond donors (Lipinski definition) is 3. The van der Waals surface area contributed by atoms with E-state index in [2.05, 4.69) is 0 Å². The molecule has 0 saturated carbocycles. The van der Waals surface area contributed by atoms with Crippen LogP contribution in [0.5, 0.6) is 0 Å². The maximum absolute atomic E-state index is 10.2. The van der Waals surface area contributed by atoms with Crippen molar-refractivity contribution in [2.75, 3.05) is 0 Å². The Kier molecular flexibility index (Phi) is 38.8. The number of carboxylic acid groups (broad SMARTS) is 1. The van der Waals surface area contributed by atoms with Crippen molar-refractivity contribution in [3.63, 3.8) is 0 Å². The predicted octanol–water partition coefficient (Wildman–Crippen LogP) is 0.264. The van der Waals surface area contributed by atoms with Gasteiger partial charge in [-0.05, 0) is 41.5 Å². The maximum atomic E-state index is 10.2. The Morgan fingerprint density at radius 1 is 0.857 bits per heavy atom. The van der Waals surface area contributed by atoms with Crippen molar-refractivity contribution < 1.29 is 56.2 Å². The van der Waals surface area contributed by atoms with Crippen LogP contribution in [0.3, 0.4) is 0 Å². The average molecular weight is 387 g/mol. The molecule has 0 fully saturated rings. The quantitative estimate of drug-likeness (QED) is 0.599. The molecule has 7 heteroatoms. The summed E-state index contributed by atoms with van der Waals surface area (Å²) in [5, 5.41) is 33.8. The first-order chi connectivity index (χ1) is 8.86. The number of carbonyl (C=O) groups is 2. The van der Waals surface area contributed by atoms with Gasteiger partial charge in [-0.15, -0.1) is 0 Å². The second kappa shape index (κ2) is 24.9. The molecular weight excluding hydrogens is 355 g/mol. The third kappa shape index (κ3) is 183. The molecule has 0 aliphatic rings. The molecule has 0 aromatic heterocycles. The van der Waals surface area contributed by atoms with Crippen LogP contribution >= 0.6 is 0 Å². The van der Waals surface area contributed by atoms with Gasteiger partial charge in [-0.25, -0.2) is 0 Å². The van der Waals surface area contributed by atoms with Gasteiger partial charge >= 0.3 is 0 Å². The minimum absolute atomic E-state index is 0. The van der Waals surface area contributed by atoms with E-state index in [-0.39, 0.29) is 56.7 Å². The Morgan fingerprint density at radius 3 is 1.10 bits per heavy atom. The fourth-order valence-electron chi connectivity index (χ4n) is 0.286. The normalized spacial score (nSPS) is 8.43. The molecule has 0 aromatic carbocycles. The largest absolute Gasteiger partial charge is 0.550 e. The first kappa shape index (κ1) is 32.7. The van der Waals surface area contributed by atoms with Crippen LogP contribution in [0.15, 0.2) is 0 Å². The van der Waals surface area contributed by atoms with Gasteiger partial charge in [-0.3, -0.25) is 4.79 Å². The standard InChI is InChI=1S/C5H8O3.3C3H8O.Zr/c1-2-4(6)3-5(7)8;3*1-3(2)4;/h2-3H2,1H3,(H,7,8);3*3-4H,1-2H3;/p-1. The summed E-state index contributed by atoms with van der Waals surface area (Å²) in [5.74, 6) is -1.58. The molecule has 0 aliphatic carbocycles. The van der Waals surface area contributed by atoms with E-state index in [1.165, 1.54) is 0 Å². The summed E-state index contributed by atoms with van der Waals surface area (Å²) in [6.07, 6.45) is -0.676. The molecule has 0 radical (unpaired) electrons. The number of Topliss-reactive ketones (excluding diaryl/α,β-unsaturated/α-hetero) is 1. The van der Waals surface area contributed by atoms with Crippen LogP contribution in [0.1, 0.15) is 61.3 Å². The number of rotatable bonds is 3. The van der Waals surface area contributed by atoms with E-state index in [9.17, 15) is 14.7 Å². The van der Waals surface area contributed by atoms with E-state index in [4.69, 9.17) is 15.3 Å². The molecule has 0 heterocycles. The summed E-state index contributed by atoms with van der Waals surface area (Å²) < 4.78 is 0. The zero-order valence-electron chi connectivity index (χ0n) is 14.2. The van der Waals surface area contributed by atoms with Crippen molar-refractivity contribution in [2.45, 2.75) is 79.6 Å². The fraction of sp³-hybridized carbons (Fsp3) is 0.857. The third-order valence-electron chi connectivity index (χ3n) is 0.736. The number of aliphatic hydroxyl groups is 3. The molecule has 0 aliphatic heterocycles. The van der Waals surface area contributed by atoms with E-state index >= 15 is 0 Å². The van der Waals surface area contributed by atoms with Crippen molar-refractivity contribution >= 4 is 11.8 Å². The van der Waals surface area contributed by atoms with Crippen molar-refractivity contribution in [1.82, 2.24) is 0 Å². The fourth-order valence-corrected chi connectivity index (χ4v) is 0.286. The zero-order chi connectivity index (χ0) is 17.3. The van der Waals surface area contributed by atoms with Gasteiger partial charge in [0.25, 0.3) is 0 Å². The minimum atomic E-state index is -1.29. The first-order valence-corrected chi connectivity index (χ1v) is 6.62. The summed E-state index contributed by atoms with van der Waals surface area (Å²) in [6, 6.07) is 0. The number of carboxylic acids is 1. The molecule has 0 unspecified atom stereocenters. The average Bonchev–Trinajstić information content (AvgIpc) is 2.13. The van der Waals surface area contributed by atoms with Gasteiger partial charge < -0.3 is 25.2 Å². The molecule has 0 rings (SSSR count). The van der Waals surface area contributed by atoms with Gasteiger partial charge in [0.05, 0.1) is 0 Å². The summed E-state index contributed by atoms with van der Waals surface area (Å²) >= 11 is 0. The Balaban J connectivity index is -0.0000000570. The van der Waals surface area contributed by atoms with Gasteiger partial charge in [0.15, 0.2) is 0 Å². The Hall–Kier alpha value is -0.0969. The van der Waals surface area contributed by atoms with Crippen LogP contribution in [0.2, 0.25) is 0 Å². The van der Waals surface area contributed by atoms with Crippen LogP contribution in [-0.2, 0) is 35.8 Å². The molecule has 0 bridgehead atoms. The molecule has 0 amide bonds. The van der Waals surface area contributed by atoms with Crippen LogP contribution < -0.4 is 5.11 Å². The number of carbonyl (C=O) groups excluding carboxylic acids is 2. The van der Waals surface area contributed by atoms with Gasteiger partial charge in [0.2, 0.25) is 0 Å². The molecule has 6 nitrogen and oxygen atoms in total. The molecule has 0 saturated heterocycles. The second-order valence-corrected chi connectivity index (χ2v) is 4.72. The van der Waals surface area contributed by atoms with Gasteiger partial charge in [-0.2, -0.15) is 0 Å². The van der Waals surface area contributed by atoms with Crippen molar-refractivity contribution in [3.05, 3.63) is 0 Å². The smallest absolute Gasteiger partial charge is 0.138 e. The van der Waals surface area contributed by atoms with Crippen LogP contribution in [0, 0.1) is 0 Å². The number of aliphatic hydroxyl groups excluding tert-OH is 3. The Morgan fingerprint density at radius 2 is 1.05 bits per heavy atom. The van der Waals surface area contributed by atoms with Crippen molar-refractivity contribution in [1.29, 1.82) is 0 Å². The molecule has 0 aromatic rings. The molecule has 3 N–H and O–H groups in total. The number of aliphatic carboxylic acids is 1. The zero-order valence-corrected chi connectivity index (χ0v) is 16.7. The van der Waals surface area contributed by atoms with E-state index in [0.717, 1.165) is 0 Å². The number of ketones is 1. The van der Waals surface area contributed by atoms with Crippen LogP contribution in [0.25, 0.3) is 0 Å². The van der Waals surface area contributed by atoms with Crippen LogP contribution in [-0.4, -0.2) is 45.4 Å². The molecule has 21 heavy (non-hydrogen) atoms. The van der Waals surface area contributed by atoms with Crippen molar-refractivity contribution in [2.24, 2.45) is 0 Å². The summed E-state index contributed by atoms with van der Waals surface area (Å²) in [4.78, 5) is 19.8. The van der Waals surface area contributed by atoms with Gasteiger partial charge in [-0.1, -0.05) is 6.92 Å². The van der Waals surface area contributed by atoms with Crippen molar-refractivity contribution in [3.8, 4) is 0 Å². The van der Waals surface area contributed by atoms with E-state index in [1.807, 2.05) is 0 Å². The SMILES string of the molecule is CC(C)O.CC(C)O.CC(C)O.CCC(=O)CC(=O)[O-].[Zr]. The Bertz CT molecular complexity index is 195. The Labute approximate surface area is 147 Å². The maximum Gasteiger partial charge on any atom is 0.138 e. The van der Waals surface area contributed by atoms with E-state index in [1.54, 1.807) is 48.5 Å². The minimum Gasteiger partial charge on any atom is -0.550 e. The third-order valence-corrected chi connectivity index (χ3v) is 0.736. The monoisotopic (exact) mass is 385 g/mol. The molecule has 128 valence electrons. The number of hydrogen-bond acceptors (Lipinski definition) is 6. The molecular formula is C14H31O6Zr-.